The molecule has 2 fully saturated rings. The van der Waals surface area contributed by atoms with Gasteiger partial charge in [0.1, 0.15) is 5.54 Å². The van der Waals surface area contributed by atoms with Crippen molar-refractivity contribution in [2.24, 2.45) is 5.92 Å². The molecule has 0 aromatic carbocycles. The SMILES string of the molecule is CN1C(=O)N(C(C)(C)C#N)CC1C1CCOCC1. The van der Waals surface area contributed by atoms with E-state index in [4.69, 9.17) is 4.74 Å². The van der Waals surface area contributed by atoms with Crippen molar-refractivity contribution in [2.45, 2.75) is 38.3 Å². The summed E-state index contributed by atoms with van der Waals surface area (Å²) in [6.07, 6.45) is 2.01. The highest BCUT2D eigenvalue weighted by molar-refractivity contribution is 5.78. The van der Waals surface area contributed by atoms with Crippen molar-refractivity contribution in [1.82, 2.24) is 9.80 Å². The number of carbonyl (C=O) groups excluding carboxylic acids is 1. The van der Waals surface area contributed by atoms with E-state index in [1.807, 2.05) is 7.05 Å². The summed E-state index contributed by atoms with van der Waals surface area (Å²) in [6, 6.07) is 2.40. The molecular formula is C13H21N3O2. The van der Waals surface area contributed by atoms with Gasteiger partial charge in [0.25, 0.3) is 0 Å². The summed E-state index contributed by atoms with van der Waals surface area (Å²) < 4.78 is 5.37. The first-order chi connectivity index (χ1) is 8.47. The highest BCUT2D eigenvalue weighted by Gasteiger charge is 2.45. The molecule has 100 valence electrons. The third-order valence-electron chi connectivity index (χ3n) is 4.16. The zero-order chi connectivity index (χ0) is 13.3. The average molecular weight is 251 g/mol. The molecule has 5 nitrogen and oxygen atoms in total. The van der Waals surface area contributed by atoms with Crippen LogP contribution in [0.15, 0.2) is 0 Å². The van der Waals surface area contributed by atoms with Crippen molar-refractivity contribution in [3.05, 3.63) is 0 Å². The molecule has 0 bridgehead atoms. The van der Waals surface area contributed by atoms with E-state index in [-0.39, 0.29) is 12.1 Å². The first kappa shape index (κ1) is 13.2. The summed E-state index contributed by atoms with van der Waals surface area (Å²) >= 11 is 0. The van der Waals surface area contributed by atoms with E-state index < -0.39 is 5.54 Å². The van der Waals surface area contributed by atoms with Gasteiger partial charge in [-0.05, 0) is 32.6 Å². The van der Waals surface area contributed by atoms with Crippen LogP contribution < -0.4 is 0 Å². The highest BCUT2D eigenvalue weighted by Crippen LogP contribution is 2.31. The average Bonchev–Trinajstić information content (AvgIpc) is 2.68. The number of rotatable bonds is 2. The van der Waals surface area contributed by atoms with E-state index in [1.54, 1.807) is 23.6 Å². The van der Waals surface area contributed by atoms with Crippen LogP contribution in [0, 0.1) is 17.2 Å². The van der Waals surface area contributed by atoms with Gasteiger partial charge in [-0.3, -0.25) is 0 Å². The van der Waals surface area contributed by atoms with Crippen LogP contribution in [0.4, 0.5) is 4.79 Å². The fourth-order valence-electron chi connectivity index (χ4n) is 2.81. The largest absolute Gasteiger partial charge is 0.381 e. The summed E-state index contributed by atoms with van der Waals surface area (Å²) in [6.45, 7) is 5.81. The van der Waals surface area contributed by atoms with E-state index in [1.165, 1.54) is 0 Å². The van der Waals surface area contributed by atoms with Gasteiger partial charge < -0.3 is 14.5 Å². The van der Waals surface area contributed by atoms with Crippen LogP contribution in [0.25, 0.3) is 0 Å². The van der Waals surface area contributed by atoms with E-state index in [0.717, 1.165) is 26.1 Å². The number of nitrogens with zero attached hydrogens (tertiary/aromatic N) is 3. The van der Waals surface area contributed by atoms with Gasteiger partial charge in [0.15, 0.2) is 0 Å². The van der Waals surface area contributed by atoms with Crippen LogP contribution in [0.1, 0.15) is 26.7 Å². The Morgan fingerprint density at radius 3 is 2.56 bits per heavy atom. The molecule has 0 aliphatic carbocycles. The molecule has 2 rings (SSSR count). The minimum absolute atomic E-state index is 0.0296. The van der Waals surface area contributed by atoms with Gasteiger partial charge in [0, 0.05) is 26.8 Å². The molecule has 1 atom stereocenters. The predicted octanol–water partition coefficient (Wildman–Crippen LogP) is 1.45. The quantitative estimate of drug-likeness (QED) is 0.746. The lowest BCUT2D eigenvalue weighted by atomic mass is 9.91. The number of carbonyl (C=O) groups is 1. The number of amides is 2. The molecule has 0 radical (unpaired) electrons. The number of ether oxygens (including phenoxy) is 1. The van der Waals surface area contributed by atoms with Crippen LogP contribution in [-0.4, -0.2) is 54.2 Å². The highest BCUT2D eigenvalue weighted by atomic mass is 16.5. The lowest BCUT2D eigenvalue weighted by Gasteiger charge is -2.31. The van der Waals surface area contributed by atoms with Gasteiger partial charge in [-0.2, -0.15) is 5.26 Å². The third-order valence-corrected chi connectivity index (χ3v) is 4.16. The number of urea groups is 1. The van der Waals surface area contributed by atoms with Crippen LogP contribution in [0.3, 0.4) is 0 Å². The maximum atomic E-state index is 12.2. The number of hydrogen-bond acceptors (Lipinski definition) is 3. The molecule has 0 N–H and O–H groups in total. The molecule has 2 aliphatic rings. The molecule has 0 spiro atoms. The predicted molar refractivity (Wildman–Crippen MR) is 66.9 cm³/mol. The van der Waals surface area contributed by atoms with E-state index in [0.29, 0.717) is 12.5 Å². The Morgan fingerprint density at radius 1 is 1.39 bits per heavy atom. The van der Waals surface area contributed by atoms with Gasteiger partial charge in [-0.15, -0.1) is 0 Å². The van der Waals surface area contributed by atoms with Crippen molar-refractivity contribution in [2.75, 3.05) is 26.8 Å². The number of likely N-dealkylation sites (N-methyl/N-ethyl adjacent to an activating group) is 1. The van der Waals surface area contributed by atoms with Crippen molar-refractivity contribution in [3.8, 4) is 6.07 Å². The summed E-state index contributed by atoms with van der Waals surface area (Å²) in [5.41, 5.74) is -0.731. The number of nitriles is 1. The zero-order valence-electron chi connectivity index (χ0n) is 11.3. The zero-order valence-corrected chi connectivity index (χ0v) is 11.3. The second-order valence-electron chi connectivity index (χ2n) is 5.69. The molecule has 0 aromatic rings. The monoisotopic (exact) mass is 251 g/mol. The van der Waals surface area contributed by atoms with Gasteiger partial charge in [-0.25, -0.2) is 4.79 Å². The Labute approximate surface area is 108 Å². The Bertz CT molecular complexity index is 369. The molecule has 0 saturated carbocycles. The van der Waals surface area contributed by atoms with Gasteiger partial charge in [0.05, 0.1) is 12.1 Å². The fourth-order valence-corrected chi connectivity index (χ4v) is 2.81. The Kier molecular flexibility index (Phi) is 3.49. The standard InChI is InChI=1S/C13H21N3O2/c1-13(2,9-14)16-8-11(15(3)12(16)17)10-4-6-18-7-5-10/h10-11H,4-8H2,1-3H3. The van der Waals surface area contributed by atoms with E-state index in [9.17, 15) is 10.1 Å². The first-order valence-electron chi connectivity index (χ1n) is 6.51. The molecule has 2 heterocycles. The Balaban J connectivity index is 2.12. The van der Waals surface area contributed by atoms with Crippen molar-refractivity contribution in [1.29, 1.82) is 5.26 Å². The Morgan fingerprint density at radius 2 is 2.00 bits per heavy atom. The van der Waals surface area contributed by atoms with Crippen LogP contribution >= 0.6 is 0 Å². The second-order valence-corrected chi connectivity index (χ2v) is 5.69. The maximum absolute atomic E-state index is 12.2. The lowest BCUT2D eigenvalue weighted by Crippen LogP contribution is -2.44. The molecule has 1 unspecified atom stereocenters. The Hall–Kier alpha value is -1.28. The first-order valence-corrected chi connectivity index (χ1v) is 6.51. The lowest BCUT2D eigenvalue weighted by molar-refractivity contribution is 0.0448. The smallest absolute Gasteiger partial charge is 0.321 e. The van der Waals surface area contributed by atoms with Crippen LogP contribution in [0.2, 0.25) is 0 Å². The molecule has 5 heteroatoms. The fraction of sp³-hybridized carbons (Fsp3) is 0.846. The maximum Gasteiger partial charge on any atom is 0.321 e. The van der Waals surface area contributed by atoms with Gasteiger partial charge in [0.2, 0.25) is 0 Å². The topological polar surface area (TPSA) is 56.6 Å². The summed E-state index contributed by atoms with van der Waals surface area (Å²) in [5, 5.41) is 9.17. The summed E-state index contributed by atoms with van der Waals surface area (Å²) in [5.74, 6) is 0.493. The van der Waals surface area contributed by atoms with Crippen LogP contribution in [0.5, 0.6) is 0 Å². The van der Waals surface area contributed by atoms with Gasteiger partial charge in [-0.1, -0.05) is 0 Å². The summed E-state index contributed by atoms with van der Waals surface area (Å²) in [4.78, 5) is 15.7. The second kappa shape index (κ2) is 4.77. The number of hydrogen-bond donors (Lipinski definition) is 0. The molecule has 2 amide bonds. The minimum Gasteiger partial charge on any atom is -0.381 e. The van der Waals surface area contributed by atoms with Gasteiger partial charge >= 0.3 is 6.03 Å². The van der Waals surface area contributed by atoms with Crippen molar-refractivity contribution < 1.29 is 9.53 Å². The van der Waals surface area contributed by atoms with E-state index >= 15 is 0 Å². The third kappa shape index (κ3) is 2.17. The molecule has 2 aliphatic heterocycles. The minimum atomic E-state index is -0.731. The molecule has 18 heavy (non-hydrogen) atoms. The molecule has 2 saturated heterocycles. The van der Waals surface area contributed by atoms with Crippen molar-refractivity contribution >= 4 is 6.03 Å². The molecular weight excluding hydrogens is 230 g/mol. The summed E-state index contributed by atoms with van der Waals surface area (Å²) in [7, 11) is 1.84. The van der Waals surface area contributed by atoms with Crippen LogP contribution in [-0.2, 0) is 4.74 Å². The van der Waals surface area contributed by atoms with Crippen molar-refractivity contribution in [3.63, 3.8) is 0 Å². The molecule has 0 aromatic heterocycles. The van der Waals surface area contributed by atoms with E-state index in [2.05, 4.69) is 6.07 Å². The normalized spacial score (nSPS) is 26.6.